The van der Waals surface area contributed by atoms with E-state index in [2.05, 4.69) is 16.5 Å². The molecule has 3 aromatic rings. The highest BCUT2D eigenvalue weighted by Crippen LogP contribution is 2.22. The topological polar surface area (TPSA) is 43.0 Å². The van der Waals surface area contributed by atoms with Gasteiger partial charge >= 0.3 is 0 Å². The van der Waals surface area contributed by atoms with Gasteiger partial charge in [-0.2, -0.15) is 0 Å². The van der Waals surface area contributed by atoms with Crippen LogP contribution in [0.3, 0.4) is 0 Å². The first-order valence-corrected chi connectivity index (χ1v) is 8.16. The molecule has 6 heteroatoms. The lowest BCUT2D eigenvalue weighted by Crippen LogP contribution is -2.18. The average Bonchev–Trinajstić information content (AvgIpc) is 3.10. The van der Waals surface area contributed by atoms with Crippen molar-refractivity contribution in [1.29, 1.82) is 0 Å². The van der Waals surface area contributed by atoms with E-state index in [1.165, 1.54) is 6.07 Å². The predicted molar refractivity (Wildman–Crippen MR) is 91.7 cm³/mol. The van der Waals surface area contributed by atoms with Crippen LogP contribution in [0.5, 0.6) is 0 Å². The SMILES string of the molecule is Cc1cc(-n2c(C)cc(CN[C@@H](C)c3ccc(F)c(F)c3)c2C)no1. The van der Waals surface area contributed by atoms with E-state index >= 15 is 0 Å². The van der Waals surface area contributed by atoms with Gasteiger partial charge in [0.05, 0.1) is 0 Å². The van der Waals surface area contributed by atoms with E-state index in [-0.39, 0.29) is 6.04 Å². The second kappa shape index (κ2) is 6.80. The molecule has 4 nitrogen and oxygen atoms in total. The maximum atomic E-state index is 13.4. The standard InChI is InChI=1S/C19H21F2N3O/c1-11-7-16(14(4)24(11)19-8-12(2)25-23-19)10-22-13(3)15-5-6-17(20)18(21)9-15/h5-9,13,22H,10H2,1-4H3/t13-/m0/s1. The van der Waals surface area contributed by atoms with Crippen LogP contribution in [0.4, 0.5) is 8.78 Å². The van der Waals surface area contributed by atoms with Gasteiger partial charge in [-0.3, -0.25) is 0 Å². The normalized spacial score (nSPS) is 12.6. The molecule has 0 saturated carbocycles. The minimum Gasteiger partial charge on any atom is -0.360 e. The number of hydrogen-bond donors (Lipinski definition) is 1. The van der Waals surface area contributed by atoms with Crippen molar-refractivity contribution in [2.75, 3.05) is 0 Å². The lowest BCUT2D eigenvalue weighted by atomic mass is 10.1. The van der Waals surface area contributed by atoms with Gasteiger partial charge < -0.3 is 14.4 Å². The van der Waals surface area contributed by atoms with Gasteiger partial charge in [0.1, 0.15) is 5.76 Å². The van der Waals surface area contributed by atoms with E-state index < -0.39 is 11.6 Å². The summed E-state index contributed by atoms with van der Waals surface area (Å²) in [5.41, 5.74) is 3.95. The number of aryl methyl sites for hydroxylation is 2. The van der Waals surface area contributed by atoms with E-state index in [4.69, 9.17) is 4.52 Å². The van der Waals surface area contributed by atoms with E-state index in [9.17, 15) is 8.78 Å². The van der Waals surface area contributed by atoms with Crippen LogP contribution in [0.2, 0.25) is 0 Å². The minimum atomic E-state index is -0.831. The first-order valence-electron chi connectivity index (χ1n) is 8.16. The summed E-state index contributed by atoms with van der Waals surface area (Å²) >= 11 is 0. The first kappa shape index (κ1) is 17.4. The van der Waals surface area contributed by atoms with Gasteiger partial charge in [-0.1, -0.05) is 11.2 Å². The molecular formula is C19H21F2N3O. The lowest BCUT2D eigenvalue weighted by Gasteiger charge is -2.15. The largest absolute Gasteiger partial charge is 0.360 e. The predicted octanol–water partition coefficient (Wildman–Crippen LogP) is 4.52. The lowest BCUT2D eigenvalue weighted by molar-refractivity contribution is 0.394. The molecule has 1 atom stereocenters. The van der Waals surface area contributed by atoms with Gasteiger partial charge in [0.25, 0.3) is 0 Å². The molecular weight excluding hydrogens is 324 g/mol. The first-order chi connectivity index (χ1) is 11.9. The summed E-state index contributed by atoms with van der Waals surface area (Å²) in [5, 5.41) is 7.43. The van der Waals surface area contributed by atoms with Crippen molar-refractivity contribution in [2.24, 2.45) is 0 Å². The second-order valence-electron chi connectivity index (χ2n) is 6.30. The Bertz CT molecular complexity index is 898. The maximum Gasteiger partial charge on any atom is 0.180 e. The average molecular weight is 345 g/mol. The fraction of sp³-hybridized carbons (Fsp3) is 0.316. The molecule has 0 amide bonds. The molecule has 0 saturated heterocycles. The third-order valence-electron chi connectivity index (χ3n) is 4.42. The fourth-order valence-electron chi connectivity index (χ4n) is 2.98. The summed E-state index contributed by atoms with van der Waals surface area (Å²) < 4.78 is 33.7. The summed E-state index contributed by atoms with van der Waals surface area (Å²) in [6.45, 7) is 8.43. The molecule has 2 heterocycles. The van der Waals surface area contributed by atoms with Gasteiger partial charge in [0.2, 0.25) is 0 Å². The number of halogens is 2. The molecule has 0 radical (unpaired) electrons. The summed E-state index contributed by atoms with van der Waals surface area (Å²) in [6.07, 6.45) is 0. The van der Waals surface area contributed by atoms with E-state index in [1.54, 1.807) is 6.07 Å². The van der Waals surface area contributed by atoms with E-state index in [1.807, 2.05) is 38.3 Å². The number of nitrogens with zero attached hydrogens (tertiary/aromatic N) is 2. The zero-order valence-electron chi connectivity index (χ0n) is 14.7. The van der Waals surface area contributed by atoms with Crippen LogP contribution in [0.15, 0.2) is 34.9 Å². The van der Waals surface area contributed by atoms with Crippen molar-refractivity contribution in [3.05, 3.63) is 70.2 Å². The molecule has 0 unspecified atom stereocenters. The molecule has 0 aliphatic carbocycles. The molecule has 1 aromatic carbocycles. The molecule has 3 rings (SSSR count). The molecule has 0 fully saturated rings. The Morgan fingerprint density at radius 1 is 1.12 bits per heavy atom. The maximum absolute atomic E-state index is 13.4. The van der Waals surface area contributed by atoms with Crippen molar-refractivity contribution in [3.8, 4) is 5.82 Å². The Hall–Kier alpha value is -2.47. The van der Waals surface area contributed by atoms with Crippen LogP contribution in [0.25, 0.3) is 5.82 Å². The van der Waals surface area contributed by atoms with Crippen LogP contribution >= 0.6 is 0 Å². The smallest absolute Gasteiger partial charge is 0.180 e. The van der Waals surface area contributed by atoms with Gasteiger partial charge in [0.15, 0.2) is 17.5 Å². The molecule has 0 bridgehead atoms. The monoisotopic (exact) mass is 345 g/mol. The van der Waals surface area contributed by atoms with Crippen LogP contribution < -0.4 is 5.32 Å². The van der Waals surface area contributed by atoms with E-state index in [0.29, 0.717) is 12.1 Å². The Balaban J connectivity index is 1.76. The van der Waals surface area contributed by atoms with Gasteiger partial charge in [-0.15, -0.1) is 0 Å². The fourth-order valence-corrected chi connectivity index (χ4v) is 2.98. The highest BCUT2D eigenvalue weighted by atomic mass is 19.2. The number of benzene rings is 1. The third-order valence-corrected chi connectivity index (χ3v) is 4.42. The molecule has 0 spiro atoms. The van der Waals surface area contributed by atoms with Crippen molar-refractivity contribution >= 4 is 0 Å². The second-order valence-corrected chi connectivity index (χ2v) is 6.30. The summed E-state index contributed by atoms with van der Waals surface area (Å²) in [4.78, 5) is 0. The number of nitrogens with one attached hydrogen (secondary N) is 1. The van der Waals surface area contributed by atoms with Crippen molar-refractivity contribution in [1.82, 2.24) is 15.0 Å². The minimum absolute atomic E-state index is 0.104. The highest BCUT2D eigenvalue weighted by Gasteiger charge is 2.15. The summed E-state index contributed by atoms with van der Waals surface area (Å²) in [6, 6.07) is 7.85. The number of rotatable bonds is 5. The summed E-state index contributed by atoms with van der Waals surface area (Å²) in [7, 11) is 0. The van der Waals surface area contributed by atoms with Gasteiger partial charge in [0, 0.05) is 30.0 Å². The van der Waals surface area contributed by atoms with Crippen molar-refractivity contribution in [2.45, 2.75) is 40.3 Å². The van der Waals surface area contributed by atoms with Gasteiger partial charge in [-0.25, -0.2) is 8.78 Å². The number of hydrogen-bond acceptors (Lipinski definition) is 3. The summed E-state index contributed by atoms with van der Waals surface area (Å²) in [5.74, 6) is -0.144. The molecule has 0 aliphatic rings. The molecule has 1 N–H and O–H groups in total. The highest BCUT2D eigenvalue weighted by molar-refractivity contribution is 5.36. The number of aromatic nitrogens is 2. The molecule has 132 valence electrons. The molecule has 25 heavy (non-hydrogen) atoms. The Morgan fingerprint density at radius 3 is 2.52 bits per heavy atom. The van der Waals surface area contributed by atoms with Crippen molar-refractivity contribution < 1.29 is 13.3 Å². The Morgan fingerprint density at radius 2 is 1.88 bits per heavy atom. The van der Waals surface area contributed by atoms with Crippen LogP contribution in [-0.2, 0) is 6.54 Å². The molecule has 2 aromatic heterocycles. The Labute approximate surface area is 145 Å². The quantitative estimate of drug-likeness (QED) is 0.739. The Kier molecular flexibility index (Phi) is 4.72. The zero-order chi connectivity index (χ0) is 18.1. The van der Waals surface area contributed by atoms with E-state index in [0.717, 1.165) is 34.6 Å². The molecule has 0 aliphatic heterocycles. The van der Waals surface area contributed by atoms with Gasteiger partial charge in [-0.05, 0) is 57.0 Å². The van der Waals surface area contributed by atoms with Crippen LogP contribution in [0.1, 0.15) is 41.2 Å². The van der Waals surface area contributed by atoms with Crippen molar-refractivity contribution in [3.63, 3.8) is 0 Å². The van der Waals surface area contributed by atoms with Crippen LogP contribution in [0, 0.1) is 32.4 Å². The third kappa shape index (κ3) is 3.49. The van der Waals surface area contributed by atoms with Crippen LogP contribution in [-0.4, -0.2) is 9.72 Å². The zero-order valence-corrected chi connectivity index (χ0v) is 14.7.